The monoisotopic (exact) mass is 354 g/mol. The summed E-state index contributed by atoms with van der Waals surface area (Å²) in [5.74, 6) is 0. The summed E-state index contributed by atoms with van der Waals surface area (Å²) in [5.41, 5.74) is 1.11. The van der Waals surface area contributed by atoms with E-state index in [1.54, 1.807) is 31.2 Å². The third kappa shape index (κ3) is 4.51. The van der Waals surface area contributed by atoms with Gasteiger partial charge < -0.3 is 0 Å². The highest BCUT2D eigenvalue weighted by atomic mass is 35.5. The number of nitro benzene ring substituents is 1. The number of nitro groups is 1. The van der Waals surface area contributed by atoms with Crippen LogP contribution in [0.4, 0.5) is 5.69 Å². The summed E-state index contributed by atoms with van der Waals surface area (Å²) in [6, 6.07) is 11.1. The molecular weight excluding hydrogens is 340 g/mol. The topological polar surface area (TPSA) is 89.3 Å². The Kier molecular flexibility index (Phi) is 5.35. The minimum Gasteiger partial charge on any atom is -0.258 e. The zero-order valence-corrected chi connectivity index (χ0v) is 13.9. The Morgan fingerprint density at radius 1 is 1.17 bits per heavy atom. The van der Waals surface area contributed by atoms with Gasteiger partial charge in [0, 0.05) is 17.6 Å². The normalized spacial score (nSPS) is 11.4. The van der Waals surface area contributed by atoms with Crippen molar-refractivity contribution in [2.24, 2.45) is 0 Å². The van der Waals surface area contributed by atoms with Crippen LogP contribution < -0.4 is 4.72 Å². The zero-order chi connectivity index (χ0) is 17.0. The third-order valence-corrected chi connectivity index (χ3v) is 4.98. The van der Waals surface area contributed by atoms with E-state index in [1.807, 2.05) is 0 Å². The molecule has 0 amide bonds. The largest absolute Gasteiger partial charge is 0.289 e. The number of aryl methyl sites for hydroxylation is 1. The summed E-state index contributed by atoms with van der Waals surface area (Å²) in [4.78, 5) is 10.0. The SMILES string of the molecule is Cc1ccc(S(=O)(=O)NCCc2ccc(Cl)cc2)c([N+](=O)[O-])c1. The summed E-state index contributed by atoms with van der Waals surface area (Å²) in [6.07, 6.45) is 0.454. The van der Waals surface area contributed by atoms with Gasteiger partial charge in [0.15, 0.2) is 4.90 Å². The Morgan fingerprint density at radius 3 is 2.43 bits per heavy atom. The van der Waals surface area contributed by atoms with Crippen LogP contribution in [0.5, 0.6) is 0 Å². The van der Waals surface area contributed by atoms with E-state index in [1.165, 1.54) is 18.2 Å². The quantitative estimate of drug-likeness (QED) is 0.637. The van der Waals surface area contributed by atoms with Crippen LogP contribution >= 0.6 is 11.6 Å². The third-order valence-electron chi connectivity index (χ3n) is 3.22. The molecule has 0 radical (unpaired) electrons. The molecule has 0 heterocycles. The summed E-state index contributed by atoms with van der Waals surface area (Å²) in [5, 5.41) is 11.7. The summed E-state index contributed by atoms with van der Waals surface area (Å²) in [7, 11) is -3.95. The molecule has 2 rings (SSSR count). The van der Waals surface area contributed by atoms with E-state index in [0.29, 0.717) is 17.0 Å². The van der Waals surface area contributed by atoms with Gasteiger partial charge in [-0.25, -0.2) is 13.1 Å². The van der Waals surface area contributed by atoms with Gasteiger partial charge in [0.1, 0.15) is 0 Å². The maximum atomic E-state index is 12.3. The van der Waals surface area contributed by atoms with E-state index in [-0.39, 0.29) is 11.4 Å². The molecular formula is C15H15ClN2O4S. The van der Waals surface area contributed by atoms with Crippen LogP contribution in [0.15, 0.2) is 47.4 Å². The highest BCUT2D eigenvalue weighted by Gasteiger charge is 2.25. The standard InChI is InChI=1S/C15H15ClN2O4S/c1-11-2-7-15(14(10-11)18(19)20)23(21,22)17-9-8-12-3-5-13(16)6-4-12/h2-7,10,17H,8-9H2,1H3. The Labute approximate surface area is 139 Å². The van der Waals surface area contributed by atoms with Crippen LogP contribution in [0.3, 0.4) is 0 Å². The van der Waals surface area contributed by atoms with Gasteiger partial charge in [0.25, 0.3) is 5.69 Å². The number of hydrogen-bond acceptors (Lipinski definition) is 4. The number of sulfonamides is 1. The molecule has 0 aliphatic heterocycles. The number of nitrogens with zero attached hydrogens (tertiary/aromatic N) is 1. The Hall–Kier alpha value is -1.96. The van der Waals surface area contributed by atoms with E-state index in [0.717, 1.165) is 5.56 Å². The molecule has 0 aliphatic carbocycles. The predicted octanol–water partition coefficient (Wildman–Crippen LogP) is 3.08. The fourth-order valence-electron chi connectivity index (χ4n) is 2.06. The van der Waals surface area contributed by atoms with Crippen molar-refractivity contribution >= 4 is 27.3 Å². The molecule has 8 heteroatoms. The Balaban J connectivity index is 2.13. The van der Waals surface area contributed by atoms with Crippen molar-refractivity contribution in [3.63, 3.8) is 0 Å². The van der Waals surface area contributed by atoms with Crippen LogP contribution in [-0.4, -0.2) is 19.9 Å². The first-order valence-electron chi connectivity index (χ1n) is 6.79. The maximum absolute atomic E-state index is 12.3. The predicted molar refractivity (Wildman–Crippen MR) is 88.2 cm³/mol. The second kappa shape index (κ2) is 7.08. The number of nitrogens with one attached hydrogen (secondary N) is 1. The van der Waals surface area contributed by atoms with Crippen molar-refractivity contribution in [2.75, 3.05) is 6.54 Å². The number of hydrogen-bond donors (Lipinski definition) is 1. The molecule has 23 heavy (non-hydrogen) atoms. The lowest BCUT2D eigenvalue weighted by molar-refractivity contribution is -0.387. The average molecular weight is 355 g/mol. The van der Waals surface area contributed by atoms with Crippen molar-refractivity contribution in [1.29, 1.82) is 0 Å². The molecule has 2 aromatic carbocycles. The molecule has 0 saturated heterocycles. The van der Waals surface area contributed by atoms with Crippen molar-refractivity contribution in [2.45, 2.75) is 18.2 Å². The van der Waals surface area contributed by atoms with Gasteiger partial charge in [0.05, 0.1) is 4.92 Å². The van der Waals surface area contributed by atoms with Gasteiger partial charge in [0.2, 0.25) is 10.0 Å². The van der Waals surface area contributed by atoms with Crippen LogP contribution in [0, 0.1) is 17.0 Å². The van der Waals surface area contributed by atoms with Gasteiger partial charge in [-0.3, -0.25) is 10.1 Å². The minimum atomic E-state index is -3.95. The number of rotatable bonds is 6. The van der Waals surface area contributed by atoms with Crippen molar-refractivity contribution in [1.82, 2.24) is 4.72 Å². The molecule has 6 nitrogen and oxygen atoms in total. The maximum Gasteiger partial charge on any atom is 0.289 e. The second-order valence-corrected chi connectivity index (χ2v) is 7.17. The highest BCUT2D eigenvalue weighted by molar-refractivity contribution is 7.89. The smallest absolute Gasteiger partial charge is 0.258 e. The molecule has 0 unspecified atom stereocenters. The first-order valence-corrected chi connectivity index (χ1v) is 8.65. The second-order valence-electron chi connectivity index (χ2n) is 5.00. The van der Waals surface area contributed by atoms with E-state index >= 15 is 0 Å². The molecule has 0 fully saturated rings. The van der Waals surface area contributed by atoms with Crippen LogP contribution in [0.2, 0.25) is 5.02 Å². The van der Waals surface area contributed by atoms with Crippen LogP contribution in [-0.2, 0) is 16.4 Å². The van der Waals surface area contributed by atoms with Gasteiger partial charge in [-0.05, 0) is 42.7 Å². The lowest BCUT2D eigenvalue weighted by atomic mass is 10.2. The van der Waals surface area contributed by atoms with Gasteiger partial charge >= 0.3 is 0 Å². The van der Waals surface area contributed by atoms with E-state index in [2.05, 4.69) is 4.72 Å². The first-order chi connectivity index (χ1) is 10.8. The van der Waals surface area contributed by atoms with Crippen LogP contribution in [0.25, 0.3) is 0 Å². The molecule has 0 spiro atoms. The van der Waals surface area contributed by atoms with Crippen molar-refractivity contribution in [3.05, 3.63) is 68.7 Å². The fraction of sp³-hybridized carbons (Fsp3) is 0.200. The molecule has 0 aromatic heterocycles. The van der Waals surface area contributed by atoms with E-state index < -0.39 is 20.6 Å². The molecule has 0 saturated carbocycles. The highest BCUT2D eigenvalue weighted by Crippen LogP contribution is 2.24. The van der Waals surface area contributed by atoms with E-state index in [9.17, 15) is 18.5 Å². The molecule has 2 aromatic rings. The average Bonchev–Trinajstić information content (AvgIpc) is 2.48. The molecule has 0 aliphatic rings. The fourth-order valence-corrected chi connectivity index (χ4v) is 3.36. The van der Waals surface area contributed by atoms with Gasteiger partial charge in [-0.15, -0.1) is 0 Å². The summed E-state index contributed by atoms with van der Waals surface area (Å²) in [6.45, 7) is 1.80. The summed E-state index contributed by atoms with van der Waals surface area (Å²) >= 11 is 5.78. The summed E-state index contributed by atoms with van der Waals surface area (Å²) < 4.78 is 26.9. The first kappa shape index (κ1) is 17.4. The van der Waals surface area contributed by atoms with Crippen molar-refractivity contribution in [3.8, 4) is 0 Å². The Bertz CT molecular complexity index is 820. The lowest BCUT2D eigenvalue weighted by Gasteiger charge is -2.08. The number of halogens is 1. The molecule has 0 bridgehead atoms. The molecule has 0 atom stereocenters. The molecule has 122 valence electrons. The Morgan fingerprint density at radius 2 is 1.83 bits per heavy atom. The number of benzene rings is 2. The van der Waals surface area contributed by atoms with Gasteiger partial charge in [-0.1, -0.05) is 29.8 Å². The van der Waals surface area contributed by atoms with E-state index in [4.69, 9.17) is 11.6 Å². The lowest BCUT2D eigenvalue weighted by Crippen LogP contribution is -2.26. The zero-order valence-electron chi connectivity index (χ0n) is 12.3. The van der Waals surface area contributed by atoms with Gasteiger partial charge in [-0.2, -0.15) is 0 Å². The molecule has 1 N–H and O–H groups in total. The van der Waals surface area contributed by atoms with Crippen molar-refractivity contribution < 1.29 is 13.3 Å². The van der Waals surface area contributed by atoms with Crippen LogP contribution in [0.1, 0.15) is 11.1 Å². The minimum absolute atomic E-state index is 0.134.